The maximum atomic E-state index is 11.6. The average molecular weight is 274 g/mol. The number of carbonyl (C=O) groups excluding carboxylic acids is 1. The summed E-state index contributed by atoms with van der Waals surface area (Å²) in [7, 11) is 0. The molecule has 4 N–H and O–H groups in total. The van der Waals surface area contributed by atoms with Crippen LogP contribution in [-0.4, -0.2) is 40.6 Å². The minimum Gasteiger partial charge on any atom is -0.480 e. The molecule has 18 heavy (non-hydrogen) atoms. The Balaban J connectivity index is 2.04. The molecule has 0 aliphatic heterocycles. The van der Waals surface area contributed by atoms with Gasteiger partial charge in [0.25, 0.3) is 0 Å². The summed E-state index contributed by atoms with van der Waals surface area (Å²) in [6.07, 6.45) is 6.24. The van der Waals surface area contributed by atoms with Gasteiger partial charge in [0.1, 0.15) is 6.04 Å². The summed E-state index contributed by atoms with van der Waals surface area (Å²) < 4.78 is 0. The number of amides is 1. The van der Waals surface area contributed by atoms with Crippen LogP contribution in [0, 0.1) is 0 Å². The maximum Gasteiger partial charge on any atom is 0.320 e. The number of rotatable bonds is 7. The molecule has 0 aromatic rings. The fourth-order valence-corrected chi connectivity index (χ4v) is 2.85. The Bertz CT molecular complexity index is 280. The second-order valence-electron chi connectivity index (χ2n) is 4.69. The summed E-state index contributed by atoms with van der Waals surface area (Å²) in [6, 6.07) is -0.480. The Labute approximate surface area is 112 Å². The van der Waals surface area contributed by atoms with Crippen LogP contribution in [0.2, 0.25) is 0 Å². The molecular formula is C12H22N2O3S. The predicted molar refractivity (Wildman–Crippen MR) is 72.6 cm³/mol. The Kier molecular flexibility index (Phi) is 7.12. The molecule has 0 spiro atoms. The molecule has 0 saturated heterocycles. The molecule has 1 unspecified atom stereocenters. The lowest BCUT2D eigenvalue weighted by molar-refractivity contribution is -0.138. The van der Waals surface area contributed by atoms with Crippen LogP contribution in [0.25, 0.3) is 0 Å². The van der Waals surface area contributed by atoms with Crippen molar-refractivity contribution in [3.8, 4) is 0 Å². The second kappa shape index (κ2) is 8.37. The van der Waals surface area contributed by atoms with Gasteiger partial charge in [0, 0.05) is 6.04 Å². The summed E-state index contributed by atoms with van der Waals surface area (Å²) in [5.41, 5.74) is 5.37. The standard InChI is InChI=1S/C12H22N2O3S/c13-10(12(16)17)6-7-18-8-11(15)14-9-4-2-1-3-5-9/h9-10H,1-8,13H2,(H,14,15)(H,16,17). The largest absolute Gasteiger partial charge is 0.480 e. The second-order valence-corrected chi connectivity index (χ2v) is 5.79. The highest BCUT2D eigenvalue weighted by atomic mass is 32.2. The van der Waals surface area contributed by atoms with Gasteiger partial charge in [-0.1, -0.05) is 19.3 Å². The number of carboxylic acid groups (broad SMARTS) is 1. The summed E-state index contributed by atoms with van der Waals surface area (Å²) in [5, 5.41) is 11.6. The van der Waals surface area contributed by atoms with Gasteiger partial charge in [0.05, 0.1) is 5.75 Å². The van der Waals surface area contributed by atoms with Crippen LogP contribution in [0.3, 0.4) is 0 Å². The molecule has 0 heterocycles. The number of hydrogen-bond donors (Lipinski definition) is 3. The normalized spacial score (nSPS) is 18.3. The third kappa shape index (κ3) is 6.26. The molecule has 5 nitrogen and oxygen atoms in total. The minimum atomic E-state index is -0.984. The maximum absolute atomic E-state index is 11.6. The van der Waals surface area contributed by atoms with Crippen molar-refractivity contribution < 1.29 is 14.7 Å². The summed E-state index contributed by atoms with van der Waals surface area (Å²) in [4.78, 5) is 22.1. The van der Waals surface area contributed by atoms with Gasteiger partial charge >= 0.3 is 5.97 Å². The van der Waals surface area contributed by atoms with Gasteiger partial charge in [0.15, 0.2) is 0 Å². The van der Waals surface area contributed by atoms with Crippen LogP contribution in [0.4, 0.5) is 0 Å². The van der Waals surface area contributed by atoms with Gasteiger partial charge in [-0.2, -0.15) is 11.8 Å². The molecular weight excluding hydrogens is 252 g/mol. The van der Waals surface area contributed by atoms with Gasteiger partial charge in [-0.15, -0.1) is 0 Å². The molecule has 0 bridgehead atoms. The molecule has 0 aromatic heterocycles. The number of carboxylic acids is 1. The fourth-order valence-electron chi connectivity index (χ4n) is 2.01. The zero-order chi connectivity index (χ0) is 13.4. The van der Waals surface area contributed by atoms with Crippen molar-refractivity contribution in [3.63, 3.8) is 0 Å². The Hall–Kier alpha value is -0.750. The van der Waals surface area contributed by atoms with E-state index in [2.05, 4.69) is 5.32 Å². The quantitative estimate of drug-likeness (QED) is 0.602. The zero-order valence-corrected chi connectivity index (χ0v) is 11.4. The Morgan fingerprint density at radius 2 is 2.00 bits per heavy atom. The van der Waals surface area contributed by atoms with E-state index >= 15 is 0 Å². The van der Waals surface area contributed by atoms with Gasteiger partial charge in [-0.05, 0) is 25.0 Å². The number of carbonyl (C=O) groups is 2. The van der Waals surface area contributed by atoms with Crippen LogP contribution in [0.15, 0.2) is 0 Å². The Morgan fingerprint density at radius 3 is 2.61 bits per heavy atom. The van der Waals surface area contributed by atoms with E-state index in [-0.39, 0.29) is 5.91 Å². The first kappa shape index (κ1) is 15.3. The molecule has 0 radical (unpaired) electrons. The number of hydrogen-bond acceptors (Lipinski definition) is 4. The van der Waals surface area contributed by atoms with Crippen molar-refractivity contribution in [1.29, 1.82) is 0 Å². The molecule has 1 aliphatic rings. The first-order valence-corrected chi connectivity index (χ1v) is 7.60. The first-order valence-electron chi connectivity index (χ1n) is 6.45. The topological polar surface area (TPSA) is 92.4 Å². The summed E-state index contributed by atoms with van der Waals surface area (Å²) >= 11 is 1.44. The van der Waals surface area contributed by atoms with Crippen LogP contribution < -0.4 is 11.1 Å². The van der Waals surface area contributed by atoms with Crippen LogP contribution >= 0.6 is 11.8 Å². The third-order valence-electron chi connectivity index (χ3n) is 3.09. The van der Waals surface area contributed by atoms with E-state index in [1.54, 1.807) is 0 Å². The fraction of sp³-hybridized carbons (Fsp3) is 0.833. The summed E-state index contributed by atoms with van der Waals surface area (Å²) in [6.45, 7) is 0. The SMILES string of the molecule is NC(CCSCC(=O)NC1CCCCC1)C(=O)O. The van der Waals surface area contributed by atoms with Crippen LogP contribution in [-0.2, 0) is 9.59 Å². The van der Waals surface area contributed by atoms with E-state index < -0.39 is 12.0 Å². The third-order valence-corrected chi connectivity index (χ3v) is 4.08. The lowest BCUT2D eigenvalue weighted by Gasteiger charge is -2.22. The van der Waals surface area contributed by atoms with E-state index in [9.17, 15) is 9.59 Å². The highest BCUT2D eigenvalue weighted by Crippen LogP contribution is 2.17. The van der Waals surface area contributed by atoms with Crippen molar-refractivity contribution in [2.24, 2.45) is 5.73 Å². The smallest absolute Gasteiger partial charge is 0.320 e. The molecule has 1 saturated carbocycles. The van der Waals surface area contributed by atoms with E-state index in [1.165, 1.54) is 31.0 Å². The predicted octanol–water partition coefficient (Wildman–Crippen LogP) is 0.970. The van der Waals surface area contributed by atoms with E-state index in [0.29, 0.717) is 24.0 Å². The van der Waals surface area contributed by atoms with Crippen molar-refractivity contribution in [2.45, 2.75) is 50.6 Å². The highest BCUT2D eigenvalue weighted by Gasteiger charge is 2.16. The van der Waals surface area contributed by atoms with Gasteiger partial charge in [-0.3, -0.25) is 9.59 Å². The van der Waals surface area contributed by atoms with Crippen molar-refractivity contribution in [3.05, 3.63) is 0 Å². The first-order chi connectivity index (χ1) is 8.59. The molecule has 0 aromatic carbocycles. The van der Waals surface area contributed by atoms with Crippen LogP contribution in [0.5, 0.6) is 0 Å². The molecule has 1 fully saturated rings. The van der Waals surface area contributed by atoms with Gasteiger partial charge in [0.2, 0.25) is 5.91 Å². The summed E-state index contributed by atoms with van der Waals surface area (Å²) in [5.74, 6) is 0.0621. The van der Waals surface area contributed by atoms with E-state index in [1.807, 2.05) is 0 Å². The zero-order valence-electron chi connectivity index (χ0n) is 10.6. The van der Waals surface area contributed by atoms with Gasteiger partial charge < -0.3 is 16.2 Å². The lowest BCUT2D eigenvalue weighted by Crippen LogP contribution is -2.37. The highest BCUT2D eigenvalue weighted by molar-refractivity contribution is 7.99. The van der Waals surface area contributed by atoms with Crippen molar-refractivity contribution in [1.82, 2.24) is 5.32 Å². The van der Waals surface area contributed by atoms with Crippen molar-refractivity contribution in [2.75, 3.05) is 11.5 Å². The van der Waals surface area contributed by atoms with Gasteiger partial charge in [-0.25, -0.2) is 0 Å². The Morgan fingerprint density at radius 1 is 1.33 bits per heavy atom. The number of nitrogens with one attached hydrogen (secondary N) is 1. The van der Waals surface area contributed by atoms with Crippen molar-refractivity contribution >= 4 is 23.6 Å². The molecule has 1 rings (SSSR count). The van der Waals surface area contributed by atoms with Crippen LogP contribution in [0.1, 0.15) is 38.5 Å². The van der Waals surface area contributed by atoms with E-state index in [4.69, 9.17) is 10.8 Å². The molecule has 1 aliphatic carbocycles. The molecule has 1 amide bonds. The lowest BCUT2D eigenvalue weighted by atomic mass is 9.95. The molecule has 1 atom stereocenters. The number of nitrogens with two attached hydrogens (primary N) is 1. The monoisotopic (exact) mass is 274 g/mol. The average Bonchev–Trinajstić information content (AvgIpc) is 2.35. The minimum absolute atomic E-state index is 0.0517. The number of thioether (sulfide) groups is 1. The molecule has 6 heteroatoms. The molecule has 104 valence electrons. The number of aliphatic carboxylic acids is 1. The van der Waals surface area contributed by atoms with E-state index in [0.717, 1.165) is 12.8 Å².